The second kappa shape index (κ2) is 6.59. The summed E-state index contributed by atoms with van der Waals surface area (Å²) in [6.45, 7) is 10.4. The molecule has 0 bridgehead atoms. The van der Waals surface area contributed by atoms with E-state index in [2.05, 4.69) is 58.0 Å². The maximum atomic E-state index is 6.61. The number of ether oxygens (including phenoxy) is 1. The van der Waals surface area contributed by atoms with Crippen LogP contribution in [0.5, 0.6) is 0 Å². The van der Waals surface area contributed by atoms with E-state index in [1.807, 2.05) is 0 Å². The largest absolute Gasteiger partial charge is 0.374 e. The van der Waals surface area contributed by atoms with Gasteiger partial charge in [-0.3, -0.25) is 0 Å². The van der Waals surface area contributed by atoms with E-state index in [0.717, 1.165) is 24.9 Å². The minimum absolute atomic E-state index is 0.179. The molecule has 1 nitrogen and oxygen atoms in total. The highest BCUT2D eigenvalue weighted by Gasteiger charge is 2.72. The number of hydrogen-bond donors (Lipinski definition) is 0. The highest BCUT2D eigenvalue weighted by Crippen LogP contribution is 2.70. The molecule has 2 aliphatic rings. The Bertz CT molecular complexity index is 506. The van der Waals surface area contributed by atoms with Gasteiger partial charge in [-0.1, -0.05) is 70.9 Å². The summed E-state index contributed by atoms with van der Waals surface area (Å²) < 4.78 is 6.61. The van der Waals surface area contributed by atoms with Crippen LogP contribution in [0.15, 0.2) is 30.3 Å². The topological polar surface area (TPSA) is 9.23 Å². The Kier molecular flexibility index (Phi) is 4.88. The lowest BCUT2D eigenvalue weighted by Gasteiger charge is -2.29. The van der Waals surface area contributed by atoms with Gasteiger partial charge in [0, 0.05) is 12.5 Å². The quantitative estimate of drug-likeness (QED) is 0.597. The summed E-state index contributed by atoms with van der Waals surface area (Å²) in [4.78, 5) is 0. The molecule has 3 atom stereocenters. The van der Waals surface area contributed by atoms with E-state index < -0.39 is 0 Å². The van der Waals surface area contributed by atoms with Crippen molar-refractivity contribution in [2.45, 2.75) is 71.8 Å². The smallest absolute Gasteiger partial charge is 0.0773 e. The fourth-order valence-electron chi connectivity index (χ4n) is 5.09. The van der Waals surface area contributed by atoms with Crippen LogP contribution >= 0.6 is 0 Å². The summed E-state index contributed by atoms with van der Waals surface area (Å²) in [5.74, 6) is 3.17. The molecule has 1 radical (unpaired) electrons. The minimum Gasteiger partial charge on any atom is -0.374 e. The van der Waals surface area contributed by atoms with E-state index >= 15 is 0 Å². The van der Waals surface area contributed by atoms with E-state index in [4.69, 9.17) is 4.74 Å². The van der Waals surface area contributed by atoms with Crippen molar-refractivity contribution in [1.82, 2.24) is 0 Å². The van der Waals surface area contributed by atoms with Crippen LogP contribution in [0.3, 0.4) is 0 Å². The number of hydrogen-bond acceptors (Lipinski definition) is 1. The highest BCUT2D eigenvalue weighted by molar-refractivity contribution is 5.30. The van der Waals surface area contributed by atoms with Gasteiger partial charge >= 0.3 is 0 Å². The van der Waals surface area contributed by atoms with E-state index in [1.54, 1.807) is 5.92 Å². The van der Waals surface area contributed by atoms with Crippen LogP contribution in [0.25, 0.3) is 0 Å². The standard InChI is InChI=1S/C22H33O/c1-5-9-18(19-10-7-6-8-11-19)14-15-23-22-16-17(2)12-13-20(22)21(22,3)4/h6-8,10-11,17,20H,5,9,12-16H2,1-4H3. The van der Waals surface area contributed by atoms with E-state index in [0.29, 0.717) is 5.41 Å². The first-order valence-corrected chi connectivity index (χ1v) is 9.55. The third-order valence-corrected chi connectivity index (χ3v) is 6.54. The fourth-order valence-corrected chi connectivity index (χ4v) is 5.09. The Labute approximate surface area is 142 Å². The molecule has 1 aromatic rings. The van der Waals surface area contributed by atoms with Gasteiger partial charge < -0.3 is 4.74 Å². The Balaban J connectivity index is 1.59. The second-order valence-corrected chi connectivity index (χ2v) is 8.37. The number of fused-ring (bicyclic) bond motifs is 1. The molecular formula is C22H33O. The molecular weight excluding hydrogens is 280 g/mol. The third kappa shape index (κ3) is 3.09. The molecule has 0 saturated heterocycles. The van der Waals surface area contributed by atoms with Crippen molar-refractivity contribution < 1.29 is 4.74 Å². The molecule has 2 saturated carbocycles. The lowest BCUT2D eigenvalue weighted by molar-refractivity contribution is -0.0250. The number of benzene rings is 1. The highest BCUT2D eigenvalue weighted by atomic mass is 16.5. The Morgan fingerprint density at radius 1 is 1.13 bits per heavy atom. The third-order valence-electron chi connectivity index (χ3n) is 6.54. The zero-order valence-electron chi connectivity index (χ0n) is 15.4. The molecule has 0 N–H and O–H groups in total. The molecule has 3 rings (SSSR count). The van der Waals surface area contributed by atoms with Gasteiger partial charge in [0.1, 0.15) is 0 Å². The molecule has 2 fully saturated rings. The van der Waals surface area contributed by atoms with Crippen LogP contribution in [0.2, 0.25) is 0 Å². The molecule has 23 heavy (non-hydrogen) atoms. The average Bonchev–Trinajstić information content (AvgIpc) is 3.02. The van der Waals surface area contributed by atoms with Crippen molar-refractivity contribution in [3.8, 4) is 0 Å². The SMILES string of the molecule is CCC[C](CCOC12CC(C)CCC1C2(C)C)c1ccccc1. The van der Waals surface area contributed by atoms with Gasteiger partial charge in [-0.25, -0.2) is 0 Å². The predicted molar refractivity (Wildman–Crippen MR) is 97.3 cm³/mol. The lowest BCUT2D eigenvalue weighted by Crippen LogP contribution is -2.28. The molecule has 1 heteroatoms. The normalized spacial score (nSPS) is 31.9. The fraction of sp³-hybridized carbons (Fsp3) is 0.682. The summed E-state index contributed by atoms with van der Waals surface area (Å²) in [5, 5.41) is 0. The molecule has 127 valence electrons. The van der Waals surface area contributed by atoms with Crippen LogP contribution in [0, 0.1) is 23.2 Å². The van der Waals surface area contributed by atoms with Crippen molar-refractivity contribution in [1.29, 1.82) is 0 Å². The molecule has 0 aromatic heterocycles. The maximum absolute atomic E-state index is 6.61. The van der Waals surface area contributed by atoms with Crippen molar-refractivity contribution >= 4 is 0 Å². The van der Waals surface area contributed by atoms with Crippen LogP contribution < -0.4 is 0 Å². The van der Waals surface area contributed by atoms with Crippen molar-refractivity contribution in [2.75, 3.05) is 6.61 Å². The second-order valence-electron chi connectivity index (χ2n) is 8.37. The molecule has 2 aliphatic carbocycles. The first kappa shape index (κ1) is 17.0. The summed E-state index contributed by atoms with van der Waals surface area (Å²) in [6.07, 6.45) is 7.48. The molecule has 0 heterocycles. The average molecular weight is 314 g/mol. The molecule has 0 amide bonds. The van der Waals surface area contributed by atoms with Gasteiger partial charge in [0.25, 0.3) is 0 Å². The lowest BCUT2D eigenvalue weighted by atomic mass is 9.88. The number of rotatable bonds is 7. The molecule has 1 aromatic carbocycles. The van der Waals surface area contributed by atoms with Gasteiger partial charge in [0.15, 0.2) is 0 Å². The zero-order valence-corrected chi connectivity index (χ0v) is 15.4. The predicted octanol–water partition coefficient (Wildman–Crippen LogP) is 6.03. The summed E-state index contributed by atoms with van der Waals surface area (Å²) in [7, 11) is 0. The van der Waals surface area contributed by atoms with E-state index in [1.165, 1.54) is 37.7 Å². The van der Waals surface area contributed by atoms with Gasteiger partial charge in [0.05, 0.1) is 5.60 Å². The van der Waals surface area contributed by atoms with Crippen LogP contribution in [-0.4, -0.2) is 12.2 Å². The van der Waals surface area contributed by atoms with Crippen molar-refractivity contribution in [3.63, 3.8) is 0 Å². The Morgan fingerprint density at radius 2 is 1.87 bits per heavy atom. The van der Waals surface area contributed by atoms with Crippen LogP contribution in [0.4, 0.5) is 0 Å². The first-order valence-electron chi connectivity index (χ1n) is 9.55. The van der Waals surface area contributed by atoms with Gasteiger partial charge in [0.2, 0.25) is 0 Å². The van der Waals surface area contributed by atoms with E-state index in [-0.39, 0.29) is 5.60 Å². The minimum atomic E-state index is 0.179. The van der Waals surface area contributed by atoms with Crippen LogP contribution in [0.1, 0.15) is 71.8 Å². The maximum Gasteiger partial charge on any atom is 0.0773 e. The van der Waals surface area contributed by atoms with E-state index in [9.17, 15) is 0 Å². The van der Waals surface area contributed by atoms with Gasteiger partial charge in [-0.15, -0.1) is 0 Å². The summed E-state index contributed by atoms with van der Waals surface area (Å²) >= 11 is 0. The summed E-state index contributed by atoms with van der Waals surface area (Å²) in [6, 6.07) is 10.9. The van der Waals surface area contributed by atoms with Gasteiger partial charge in [-0.05, 0) is 48.5 Å². The van der Waals surface area contributed by atoms with Crippen molar-refractivity contribution in [3.05, 3.63) is 41.8 Å². The Morgan fingerprint density at radius 3 is 2.57 bits per heavy atom. The first-order chi connectivity index (χ1) is 11.0. The zero-order chi connectivity index (χ0) is 16.5. The van der Waals surface area contributed by atoms with Gasteiger partial charge in [-0.2, -0.15) is 0 Å². The molecule has 0 aliphatic heterocycles. The molecule has 3 unspecified atom stereocenters. The van der Waals surface area contributed by atoms with Crippen molar-refractivity contribution in [2.24, 2.45) is 17.3 Å². The Hall–Kier alpha value is -0.820. The monoisotopic (exact) mass is 313 g/mol. The molecule has 0 spiro atoms. The van der Waals surface area contributed by atoms with Crippen LogP contribution in [-0.2, 0) is 4.74 Å². The summed E-state index contributed by atoms with van der Waals surface area (Å²) in [5.41, 5.74) is 1.97.